The zero-order chi connectivity index (χ0) is 16.4. The maximum absolute atomic E-state index is 12.3. The molecule has 0 aromatic heterocycles. The van der Waals surface area contributed by atoms with Gasteiger partial charge in [-0.1, -0.05) is 0 Å². The molecule has 1 aliphatic heterocycles. The lowest BCUT2D eigenvalue weighted by atomic mass is 9.80. The number of carbonyl (C=O) groups excluding carboxylic acids is 1. The molecule has 22 heavy (non-hydrogen) atoms. The summed E-state index contributed by atoms with van der Waals surface area (Å²) in [7, 11) is 2.04. The molecular formula is C16H28N2O4. The quantitative estimate of drug-likeness (QED) is 0.805. The van der Waals surface area contributed by atoms with Crippen LogP contribution in [-0.4, -0.2) is 59.3 Å². The first-order valence-corrected chi connectivity index (χ1v) is 8.23. The molecule has 2 spiro atoms. The van der Waals surface area contributed by atoms with E-state index < -0.39 is 11.6 Å². The molecule has 6 heteroatoms. The van der Waals surface area contributed by atoms with Crippen molar-refractivity contribution in [3.05, 3.63) is 0 Å². The lowest BCUT2D eigenvalue weighted by Crippen LogP contribution is -2.61. The van der Waals surface area contributed by atoms with E-state index in [0.717, 1.165) is 45.7 Å². The van der Waals surface area contributed by atoms with E-state index >= 15 is 0 Å². The normalized spacial score (nSPS) is 32.6. The van der Waals surface area contributed by atoms with Gasteiger partial charge in [-0.05, 0) is 52.5 Å². The van der Waals surface area contributed by atoms with Crippen molar-refractivity contribution in [2.24, 2.45) is 0 Å². The fraction of sp³-hybridized carbons (Fsp3) is 0.875. The third-order valence-electron chi connectivity index (χ3n) is 4.96. The predicted molar refractivity (Wildman–Crippen MR) is 82.7 cm³/mol. The van der Waals surface area contributed by atoms with E-state index in [1.807, 2.05) is 11.9 Å². The Kier molecular flexibility index (Phi) is 5.12. The fourth-order valence-corrected chi connectivity index (χ4v) is 3.58. The minimum Gasteiger partial charge on any atom is -0.481 e. The Morgan fingerprint density at radius 3 is 2.32 bits per heavy atom. The van der Waals surface area contributed by atoms with E-state index in [4.69, 9.17) is 14.6 Å². The second kappa shape index (κ2) is 6.54. The Hall–Kier alpha value is -1.14. The van der Waals surface area contributed by atoms with Gasteiger partial charge in [-0.15, -0.1) is 0 Å². The second-order valence-corrected chi connectivity index (χ2v) is 6.68. The standard InChI is InChI=1S/C14H24N2O2.C2H4O2/c1-3-16-10-13(6-4-11(15-2)5-7-13)18-14(8-9-14)12(16)17;1-2(3)4/h11,15H,3-10H2,1-2H3;1H3,(H,3,4)/t11-,13-;. The molecule has 2 aliphatic carbocycles. The van der Waals surface area contributed by atoms with Crippen molar-refractivity contribution in [2.45, 2.75) is 69.6 Å². The van der Waals surface area contributed by atoms with Crippen molar-refractivity contribution in [1.82, 2.24) is 10.2 Å². The molecule has 0 aromatic rings. The third-order valence-corrected chi connectivity index (χ3v) is 4.96. The molecular weight excluding hydrogens is 284 g/mol. The van der Waals surface area contributed by atoms with Crippen LogP contribution in [0.5, 0.6) is 0 Å². The van der Waals surface area contributed by atoms with Crippen LogP contribution in [0.4, 0.5) is 0 Å². The Labute approximate surface area is 132 Å². The molecule has 126 valence electrons. The predicted octanol–water partition coefficient (Wildman–Crippen LogP) is 1.39. The number of aliphatic carboxylic acids is 1. The van der Waals surface area contributed by atoms with Crippen molar-refractivity contribution < 1.29 is 19.4 Å². The van der Waals surface area contributed by atoms with Gasteiger partial charge < -0.3 is 20.1 Å². The number of morpholine rings is 1. The van der Waals surface area contributed by atoms with Gasteiger partial charge in [0, 0.05) is 26.1 Å². The molecule has 1 heterocycles. The van der Waals surface area contributed by atoms with Gasteiger partial charge in [-0.25, -0.2) is 0 Å². The van der Waals surface area contributed by atoms with Crippen molar-refractivity contribution >= 4 is 11.9 Å². The molecule has 2 N–H and O–H groups in total. The number of amides is 1. The van der Waals surface area contributed by atoms with E-state index in [0.29, 0.717) is 6.04 Å². The van der Waals surface area contributed by atoms with E-state index in [1.165, 1.54) is 12.8 Å². The Morgan fingerprint density at radius 1 is 1.36 bits per heavy atom. The molecule has 0 unspecified atom stereocenters. The van der Waals surface area contributed by atoms with Gasteiger partial charge in [-0.2, -0.15) is 0 Å². The number of nitrogens with one attached hydrogen (secondary N) is 1. The molecule has 1 amide bonds. The molecule has 0 aromatic carbocycles. The number of carboxylic acid groups (broad SMARTS) is 1. The highest BCUT2D eigenvalue weighted by Gasteiger charge is 2.61. The van der Waals surface area contributed by atoms with Crippen LogP contribution in [-0.2, 0) is 14.3 Å². The highest BCUT2D eigenvalue weighted by atomic mass is 16.5. The van der Waals surface area contributed by atoms with Crippen molar-refractivity contribution in [1.29, 1.82) is 0 Å². The van der Waals surface area contributed by atoms with Crippen LogP contribution in [0.2, 0.25) is 0 Å². The van der Waals surface area contributed by atoms with Crippen LogP contribution in [0.1, 0.15) is 52.4 Å². The first-order chi connectivity index (χ1) is 10.4. The van der Waals surface area contributed by atoms with Gasteiger partial charge >= 0.3 is 0 Å². The molecule has 3 rings (SSSR count). The van der Waals surface area contributed by atoms with Crippen LogP contribution >= 0.6 is 0 Å². The molecule has 1 saturated heterocycles. The van der Waals surface area contributed by atoms with Crippen LogP contribution < -0.4 is 5.32 Å². The SMILES string of the molecule is CC(=O)O.CCN1C[C@]2(CC[C@@H](NC)CC2)OC2(CC2)C1=O. The topological polar surface area (TPSA) is 78.9 Å². The van der Waals surface area contributed by atoms with Crippen LogP contribution in [0.25, 0.3) is 0 Å². The molecule has 2 saturated carbocycles. The minimum absolute atomic E-state index is 0.0478. The summed E-state index contributed by atoms with van der Waals surface area (Å²) in [5.74, 6) is -0.591. The number of rotatable bonds is 2. The number of hydrogen-bond donors (Lipinski definition) is 2. The lowest BCUT2D eigenvalue weighted by molar-refractivity contribution is -0.198. The fourth-order valence-electron chi connectivity index (χ4n) is 3.58. The summed E-state index contributed by atoms with van der Waals surface area (Å²) < 4.78 is 6.33. The van der Waals surface area contributed by atoms with Gasteiger partial charge in [-0.3, -0.25) is 9.59 Å². The molecule has 3 aliphatic rings. The molecule has 0 bridgehead atoms. The zero-order valence-electron chi connectivity index (χ0n) is 13.9. The average molecular weight is 312 g/mol. The zero-order valence-corrected chi connectivity index (χ0v) is 13.9. The smallest absolute Gasteiger partial charge is 0.300 e. The minimum atomic E-state index is -0.833. The first-order valence-electron chi connectivity index (χ1n) is 8.23. The molecule has 6 nitrogen and oxygen atoms in total. The van der Waals surface area contributed by atoms with Crippen molar-refractivity contribution in [2.75, 3.05) is 20.1 Å². The first kappa shape index (κ1) is 17.2. The Balaban J connectivity index is 0.000000396. The summed E-state index contributed by atoms with van der Waals surface area (Å²) in [6.45, 7) is 4.79. The number of ether oxygens (including phenoxy) is 1. The van der Waals surface area contributed by atoms with Gasteiger partial charge in [0.25, 0.3) is 11.9 Å². The van der Waals surface area contributed by atoms with Crippen LogP contribution in [0.3, 0.4) is 0 Å². The van der Waals surface area contributed by atoms with Crippen molar-refractivity contribution in [3.63, 3.8) is 0 Å². The maximum Gasteiger partial charge on any atom is 0.300 e. The number of hydrogen-bond acceptors (Lipinski definition) is 4. The van der Waals surface area contributed by atoms with E-state index in [1.54, 1.807) is 0 Å². The summed E-state index contributed by atoms with van der Waals surface area (Å²) in [6, 6.07) is 0.627. The number of nitrogens with zero attached hydrogens (tertiary/aromatic N) is 1. The summed E-state index contributed by atoms with van der Waals surface area (Å²) in [5.41, 5.74) is -0.464. The largest absolute Gasteiger partial charge is 0.481 e. The second-order valence-electron chi connectivity index (χ2n) is 6.68. The average Bonchev–Trinajstić information content (AvgIpc) is 3.24. The highest BCUT2D eigenvalue weighted by Crippen LogP contribution is 2.50. The third kappa shape index (κ3) is 3.60. The number of carbonyl (C=O) groups is 2. The summed E-state index contributed by atoms with van der Waals surface area (Å²) >= 11 is 0. The van der Waals surface area contributed by atoms with Crippen molar-refractivity contribution in [3.8, 4) is 0 Å². The maximum atomic E-state index is 12.3. The van der Waals surface area contributed by atoms with E-state index in [-0.39, 0.29) is 11.5 Å². The van der Waals surface area contributed by atoms with Gasteiger partial charge in [0.2, 0.25) is 0 Å². The summed E-state index contributed by atoms with van der Waals surface area (Å²) in [5, 5.41) is 10.8. The molecule has 3 fully saturated rings. The van der Waals surface area contributed by atoms with E-state index in [2.05, 4.69) is 12.2 Å². The monoisotopic (exact) mass is 312 g/mol. The molecule has 0 radical (unpaired) electrons. The lowest BCUT2D eigenvalue weighted by Gasteiger charge is -2.49. The Morgan fingerprint density at radius 2 is 1.91 bits per heavy atom. The van der Waals surface area contributed by atoms with Gasteiger partial charge in [0.15, 0.2) is 0 Å². The van der Waals surface area contributed by atoms with Gasteiger partial charge in [0.1, 0.15) is 5.60 Å². The number of likely N-dealkylation sites (N-methyl/N-ethyl adjacent to an activating group) is 1. The summed E-state index contributed by atoms with van der Waals surface area (Å²) in [6.07, 6.45) is 6.36. The van der Waals surface area contributed by atoms with Crippen LogP contribution in [0, 0.1) is 0 Å². The summed E-state index contributed by atoms with van der Waals surface area (Å²) in [4.78, 5) is 23.3. The number of carboxylic acids is 1. The van der Waals surface area contributed by atoms with Crippen LogP contribution in [0.15, 0.2) is 0 Å². The highest BCUT2D eigenvalue weighted by molar-refractivity contribution is 5.89. The Bertz CT molecular complexity index is 422. The molecule has 0 atom stereocenters. The van der Waals surface area contributed by atoms with Gasteiger partial charge in [0.05, 0.1) is 5.60 Å². The van der Waals surface area contributed by atoms with E-state index in [9.17, 15) is 4.79 Å².